The van der Waals surface area contributed by atoms with Gasteiger partial charge in [-0.15, -0.1) is 0 Å². The Labute approximate surface area is 120 Å². The fourth-order valence-electron chi connectivity index (χ4n) is 2.75. The first-order valence-corrected chi connectivity index (χ1v) is 7.41. The number of hydrogen-bond acceptors (Lipinski definition) is 3. The maximum absolute atomic E-state index is 11.9. The second-order valence-corrected chi connectivity index (χ2v) is 5.93. The van der Waals surface area contributed by atoms with Crippen molar-refractivity contribution in [3.8, 4) is 0 Å². The van der Waals surface area contributed by atoms with Crippen molar-refractivity contribution in [1.29, 1.82) is 0 Å². The topological polar surface area (TPSA) is 67.2 Å². The predicted molar refractivity (Wildman–Crippen MR) is 77.8 cm³/mol. The molecule has 5 heteroatoms. The van der Waals surface area contributed by atoms with Gasteiger partial charge in [0.15, 0.2) is 0 Å². The highest BCUT2D eigenvalue weighted by molar-refractivity contribution is 5.79. The molecule has 1 aliphatic rings. The minimum absolute atomic E-state index is 0.218. The Morgan fingerprint density at radius 2 is 2.10 bits per heavy atom. The highest BCUT2D eigenvalue weighted by Gasteiger charge is 2.51. The molecule has 1 heterocycles. The zero-order chi connectivity index (χ0) is 14.9. The Morgan fingerprint density at radius 3 is 2.50 bits per heavy atom. The molecule has 112 valence electrons. The monoisotopic (exact) mass is 279 g/mol. The van der Waals surface area contributed by atoms with Gasteiger partial charge in [-0.1, -0.05) is 6.92 Å². The number of carboxylic acid groups (broad SMARTS) is 1. The van der Waals surface area contributed by atoms with Crippen LogP contribution < -0.4 is 5.32 Å². The Bertz CT molecular complexity index is 505. The second-order valence-electron chi connectivity index (χ2n) is 5.93. The number of aliphatic carboxylic acids is 1. The third-order valence-corrected chi connectivity index (χ3v) is 4.49. The second kappa shape index (κ2) is 5.56. The Hall–Kier alpha value is -1.36. The summed E-state index contributed by atoms with van der Waals surface area (Å²) in [5.41, 5.74) is 2.32. The van der Waals surface area contributed by atoms with E-state index in [1.807, 2.05) is 25.5 Å². The van der Waals surface area contributed by atoms with E-state index in [1.165, 1.54) is 0 Å². The summed E-state index contributed by atoms with van der Waals surface area (Å²) in [4.78, 5) is 11.9. The van der Waals surface area contributed by atoms with E-state index >= 15 is 0 Å². The van der Waals surface area contributed by atoms with Crippen LogP contribution in [0.25, 0.3) is 0 Å². The average molecular weight is 279 g/mol. The molecule has 1 unspecified atom stereocenters. The largest absolute Gasteiger partial charge is 0.480 e. The number of nitrogens with one attached hydrogen (secondary N) is 1. The van der Waals surface area contributed by atoms with E-state index in [4.69, 9.17) is 0 Å². The summed E-state index contributed by atoms with van der Waals surface area (Å²) in [6.45, 7) is 9.20. The molecule has 0 saturated heterocycles. The summed E-state index contributed by atoms with van der Waals surface area (Å²) < 4.78 is 1.86. The van der Waals surface area contributed by atoms with Gasteiger partial charge >= 0.3 is 5.97 Å². The van der Waals surface area contributed by atoms with Gasteiger partial charge in [-0.25, -0.2) is 0 Å². The van der Waals surface area contributed by atoms with Gasteiger partial charge in [0.25, 0.3) is 0 Å². The molecule has 5 nitrogen and oxygen atoms in total. The lowest BCUT2D eigenvalue weighted by molar-refractivity contribution is -0.147. The van der Waals surface area contributed by atoms with Crippen molar-refractivity contribution in [2.45, 2.75) is 59.0 Å². The lowest BCUT2D eigenvalue weighted by Gasteiger charge is -2.31. The van der Waals surface area contributed by atoms with Crippen molar-refractivity contribution >= 4 is 5.97 Å². The number of rotatable bonds is 7. The molecule has 1 atom stereocenters. The molecule has 0 aliphatic heterocycles. The molecule has 1 fully saturated rings. The van der Waals surface area contributed by atoms with E-state index in [0.717, 1.165) is 42.8 Å². The fourth-order valence-corrected chi connectivity index (χ4v) is 2.75. The maximum atomic E-state index is 11.9. The van der Waals surface area contributed by atoms with E-state index < -0.39 is 11.5 Å². The number of carboxylic acids is 1. The maximum Gasteiger partial charge on any atom is 0.326 e. The first kappa shape index (κ1) is 15.0. The first-order valence-electron chi connectivity index (χ1n) is 7.41. The molecule has 1 aromatic rings. The van der Waals surface area contributed by atoms with Gasteiger partial charge in [-0.2, -0.15) is 5.10 Å². The molecule has 2 rings (SSSR count). The van der Waals surface area contributed by atoms with E-state index in [0.29, 0.717) is 6.54 Å². The van der Waals surface area contributed by atoms with Crippen LogP contribution in [0.5, 0.6) is 0 Å². The SMILES string of the molecule is CCCNC(Cn1nc(C)c(C)c1C)(C(=O)O)C1CC1. The fraction of sp³-hybridized carbons (Fsp3) is 0.733. The minimum atomic E-state index is -0.869. The molecule has 0 amide bonds. The zero-order valence-electron chi connectivity index (χ0n) is 12.9. The van der Waals surface area contributed by atoms with Crippen molar-refractivity contribution in [3.63, 3.8) is 0 Å². The quantitative estimate of drug-likeness (QED) is 0.801. The summed E-state index contributed by atoms with van der Waals surface area (Å²) in [6.07, 6.45) is 2.90. The van der Waals surface area contributed by atoms with Crippen LogP contribution in [-0.4, -0.2) is 32.9 Å². The number of aromatic nitrogens is 2. The summed E-state index contributed by atoms with van der Waals surface area (Å²) in [5.74, 6) is -0.533. The summed E-state index contributed by atoms with van der Waals surface area (Å²) in [5, 5.41) is 17.6. The Balaban J connectivity index is 2.31. The van der Waals surface area contributed by atoms with E-state index in [-0.39, 0.29) is 5.92 Å². The Morgan fingerprint density at radius 1 is 1.45 bits per heavy atom. The van der Waals surface area contributed by atoms with Gasteiger partial charge in [0.1, 0.15) is 5.54 Å². The Kier molecular flexibility index (Phi) is 4.18. The third-order valence-electron chi connectivity index (χ3n) is 4.49. The third kappa shape index (κ3) is 2.59. The molecule has 1 aliphatic carbocycles. The molecular formula is C15H25N3O2. The van der Waals surface area contributed by atoms with Crippen molar-refractivity contribution in [1.82, 2.24) is 15.1 Å². The summed E-state index contributed by atoms with van der Waals surface area (Å²) in [6, 6.07) is 0. The van der Waals surface area contributed by atoms with Crippen LogP contribution >= 0.6 is 0 Å². The van der Waals surface area contributed by atoms with Gasteiger partial charge in [0, 0.05) is 5.69 Å². The van der Waals surface area contributed by atoms with Gasteiger partial charge in [-0.05, 0) is 58.1 Å². The minimum Gasteiger partial charge on any atom is -0.480 e. The van der Waals surface area contributed by atoms with Crippen LogP contribution in [0.1, 0.15) is 43.1 Å². The van der Waals surface area contributed by atoms with Crippen LogP contribution in [0.4, 0.5) is 0 Å². The van der Waals surface area contributed by atoms with Gasteiger partial charge in [-0.3, -0.25) is 9.48 Å². The van der Waals surface area contributed by atoms with Gasteiger partial charge < -0.3 is 10.4 Å². The summed E-state index contributed by atoms with van der Waals surface area (Å²) >= 11 is 0. The molecule has 20 heavy (non-hydrogen) atoms. The van der Waals surface area contributed by atoms with Crippen LogP contribution in [0, 0.1) is 26.7 Å². The molecule has 0 bridgehead atoms. The van der Waals surface area contributed by atoms with E-state index in [9.17, 15) is 9.90 Å². The van der Waals surface area contributed by atoms with Crippen LogP contribution in [-0.2, 0) is 11.3 Å². The molecular weight excluding hydrogens is 254 g/mol. The average Bonchev–Trinajstić information content (AvgIpc) is 3.21. The van der Waals surface area contributed by atoms with Gasteiger partial charge in [0.05, 0.1) is 12.2 Å². The standard InChI is InChI=1S/C15H25N3O2/c1-5-8-16-15(14(19)20,13-6-7-13)9-18-12(4)10(2)11(3)17-18/h13,16H,5-9H2,1-4H3,(H,19,20). The van der Waals surface area contributed by atoms with Crippen LogP contribution in [0.3, 0.4) is 0 Å². The van der Waals surface area contributed by atoms with Crippen LogP contribution in [0.15, 0.2) is 0 Å². The van der Waals surface area contributed by atoms with Gasteiger partial charge in [0.2, 0.25) is 0 Å². The highest BCUT2D eigenvalue weighted by Crippen LogP contribution is 2.41. The zero-order valence-corrected chi connectivity index (χ0v) is 12.9. The van der Waals surface area contributed by atoms with Crippen molar-refractivity contribution in [3.05, 3.63) is 17.0 Å². The van der Waals surface area contributed by atoms with Crippen molar-refractivity contribution in [2.75, 3.05) is 6.54 Å². The molecule has 2 N–H and O–H groups in total. The van der Waals surface area contributed by atoms with E-state index in [2.05, 4.69) is 17.3 Å². The predicted octanol–water partition coefficient (Wildman–Crippen LogP) is 2.04. The molecule has 1 saturated carbocycles. The number of hydrogen-bond donors (Lipinski definition) is 2. The normalized spacial score (nSPS) is 18.0. The number of nitrogens with zero attached hydrogens (tertiary/aromatic N) is 2. The van der Waals surface area contributed by atoms with Crippen molar-refractivity contribution < 1.29 is 9.90 Å². The van der Waals surface area contributed by atoms with E-state index in [1.54, 1.807) is 0 Å². The molecule has 0 aromatic carbocycles. The number of carbonyl (C=O) groups is 1. The molecule has 0 spiro atoms. The smallest absolute Gasteiger partial charge is 0.326 e. The lowest BCUT2D eigenvalue weighted by Crippen LogP contribution is -2.57. The number of aryl methyl sites for hydroxylation is 1. The van der Waals surface area contributed by atoms with Crippen molar-refractivity contribution in [2.24, 2.45) is 5.92 Å². The highest BCUT2D eigenvalue weighted by atomic mass is 16.4. The molecule has 1 aromatic heterocycles. The van der Waals surface area contributed by atoms with Crippen LogP contribution in [0.2, 0.25) is 0 Å². The summed E-state index contributed by atoms with van der Waals surface area (Å²) in [7, 11) is 0. The molecule has 0 radical (unpaired) electrons. The first-order chi connectivity index (χ1) is 9.42. The lowest BCUT2D eigenvalue weighted by atomic mass is 9.92.